The molecule has 1 aliphatic rings. The number of ketones is 1. The zero-order valence-corrected chi connectivity index (χ0v) is 13.0. The van der Waals surface area contributed by atoms with Crippen LogP contribution in [0.2, 0.25) is 0 Å². The Labute approximate surface area is 126 Å². The molecule has 0 N–H and O–H groups in total. The molecule has 0 spiro atoms. The van der Waals surface area contributed by atoms with Gasteiger partial charge >= 0.3 is 0 Å². The van der Waals surface area contributed by atoms with Crippen molar-refractivity contribution in [3.63, 3.8) is 0 Å². The lowest BCUT2D eigenvalue weighted by Crippen LogP contribution is -2.49. The maximum Gasteiger partial charge on any atom is 0.260 e. The van der Waals surface area contributed by atoms with E-state index in [1.54, 1.807) is 24.3 Å². The second-order valence-corrected chi connectivity index (χ2v) is 5.80. The first-order valence-electron chi connectivity index (χ1n) is 7.54. The Hall–Kier alpha value is -1.84. The van der Waals surface area contributed by atoms with Crippen molar-refractivity contribution in [1.29, 1.82) is 0 Å². The number of carbonyl (C=O) groups is 2. The van der Waals surface area contributed by atoms with Crippen LogP contribution in [0.3, 0.4) is 0 Å². The third-order valence-electron chi connectivity index (χ3n) is 4.10. The van der Waals surface area contributed by atoms with Gasteiger partial charge in [0.25, 0.3) is 5.91 Å². The van der Waals surface area contributed by atoms with Gasteiger partial charge in [0.1, 0.15) is 5.75 Å². The molecule has 1 amide bonds. The highest BCUT2D eigenvalue weighted by Gasteiger charge is 2.28. The Morgan fingerprint density at radius 1 is 1.14 bits per heavy atom. The van der Waals surface area contributed by atoms with Crippen LogP contribution >= 0.6 is 0 Å². The summed E-state index contributed by atoms with van der Waals surface area (Å²) in [5, 5.41) is 0. The SMILES string of the molecule is CC(=O)c1ccc(OCC(=O)N2[C@H](C)CCC[C@H]2C)cc1. The van der Waals surface area contributed by atoms with Crippen molar-refractivity contribution in [3.05, 3.63) is 29.8 Å². The van der Waals surface area contributed by atoms with Crippen LogP contribution in [0.15, 0.2) is 24.3 Å². The van der Waals surface area contributed by atoms with Crippen LogP contribution in [0.4, 0.5) is 0 Å². The molecule has 1 fully saturated rings. The third kappa shape index (κ3) is 3.84. The summed E-state index contributed by atoms with van der Waals surface area (Å²) >= 11 is 0. The minimum Gasteiger partial charge on any atom is -0.484 e. The van der Waals surface area contributed by atoms with Crippen molar-refractivity contribution in [2.24, 2.45) is 0 Å². The van der Waals surface area contributed by atoms with Gasteiger partial charge in [0.05, 0.1) is 0 Å². The van der Waals surface area contributed by atoms with E-state index in [9.17, 15) is 9.59 Å². The number of ether oxygens (including phenoxy) is 1. The van der Waals surface area contributed by atoms with E-state index >= 15 is 0 Å². The Kier molecular flexibility index (Phi) is 4.99. The van der Waals surface area contributed by atoms with Gasteiger partial charge in [-0.3, -0.25) is 9.59 Å². The van der Waals surface area contributed by atoms with Crippen molar-refractivity contribution < 1.29 is 14.3 Å². The van der Waals surface area contributed by atoms with E-state index in [-0.39, 0.29) is 30.4 Å². The van der Waals surface area contributed by atoms with Crippen molar-refractivity contribution >= 4 is 11.7 Å². The van der Waals surface area contributed by atoms with Gasteiger partial charge in [0.2, 0.25) is 0 Å². The molecule has 0 aliphatic carbocycles. The van der Waals surface area contributed by atoms with Gasteiger partial charge < -0.3 is 9.64 Å². The molecular formula is C17H23NO3. The third-order valence-corrected chi connectivity index (χ3v) is 4.10. The van der Waals surface area contributed by atoms with Crippen molar-refractivity contribution in [3.8, 4) is 5.75 Å². The Balaban J connectivity index is 1.92. The fraction of sp³-hybridized carbons (Fsp3) is 0.529. The highest BCUT2D eigenvalue weighted by Crippen LogP contribution is 2.22. The number of likely N-dealkylation sites (tertiary alicyclic amines) is 1. The smallest absolute Gasteiger partial charge is 0.260 e. The highest BCUT2D eigenvalue weighted by molar-refractivity contribution is 5.94. The first-order valence-corrected chi connectivity index (χ1v) is 7.54. The zero-order chi connectivity index (χ0) is 15.4. The molecule has 1 aliphatic heterocycles. The summed E-state index contributed by atoms with van der Waals surface area (Å²) in [6, 6.07) is 7.46. The summed E-state index contributed by atoms with van der Waals surface area (Å²) in [4.78, 5) is 25.5. The normalized spacial score (nSPS) is 22.0. The van der Waals surface area contributed by atoms with Gasteiger partial charge in [-0.05, 0) is 64.3 Å². The lowest BCUT2D eigenvalue weighted by atomic mass is 9.97. The molecule has 21 heavy (non-hydrogen) atoms. The summed E-state index contributed by atoms with van der Waals surface area (Å²) < 4.78 is 5.55. The molecule has 0 aromatic heterocycles. The second kappa shape index (κ2) is 6.74. The van der Waals surface area contributed by atoms with E-state index in [2.05, 4.69) is 13.8 Å². The van der Waals surface area contributed by atoms with Gasteiger partial charge in [-0.1, -0.05) is 0 Å². The Bertz CT molecular complexity index is 499. The average Bonchev–Trinajstić information content (AvgIpc) is 2.45. The van der Waals surface area contributed by atoms with E-state index in [0.717, 1.165) is 12.8 Å². The second-order valence-electron chi connectivity index (χ2n) is 5.80. The van der Waals surface area contributed by atoms with Crippen LogP contribution < -0.4 is 4.74 Å². The van der Waals surface area contributed by atoms with E-state index in [0.29, 0.717) is 11.3 Å². The van der Waals surface area contributed by atoms with Gasteiger partial charge in [-0.25, -0.2) is 0 Å². The van der Waals surface area contributed by atoms with Crippen LogP contribution in [0, 0.1) is 0 Å². The summed E-state index contributed by atoms with van der Waals surface area (Å²) in [6.07, 6.45) is 3.30. The first-order chi connectivity index (χ1) is 9.99. The van der Waals surface area contributed by atoms with Crippen molar-refractivity contribution in [2.75, 3.05) is 6.61 Å². The van der Waals surface area contributed by atoms with E-state index in [4.69, 9.17) is 4.74 Å². The highest BCUT2D eigenvalue weighted by atomic mass is 16.5. The fourth-order valence-electron chi connectivity index (χ4n) is 2.92. The van der Waals surface area contributed by atoms with Crippen LogP contribution in [0.25, 0.3) is 0 Å². The fourth-order valence-corrected chi connectivity index (χ4v) is 2.92. The molecule has 2 rings (SSSR count). The molecular weight excluding hydrogens is 266 g/mol. The number of nitrogens with zero attached hydrogens (tertiary/aromatic N) is 1. The number of piperidine rings is 1. The van der Waals surface area contributed by atoms with E-state index in [1.807, 2.05) is 4.90 Å². The number of benzene rings is 1. The summed E-state index contributed by atoms with van der Waals surface area (Å²) in [5.74, 6) is 0.671. The number of hydrogen-bond donors (Lipinski definition) is 0. The van der Waals surface area contributed by atoms with Crippen LogP contribution in [0.5, 0.6) is 5.75 Å². The maximum absolute atomic E-state index is 12.3. The molecule has 114 valence electrons. The van der Waals surface area contributed by atoms with Crippen LogP contribution in [-0.2, 0) is 4.79 Å². The predicted octanol–water partition coefficient (Wildman–Crippen LogP) is 3.06. The minimum atomic E-state index is 0.0218. The van der Waals surface area contributed by atoms with Crippen LogP contribution in [-0.4, -0.2) is 35.3 Å². The maximum atomic E-state index is 12.3. The molecule has 4 nitrogen and oxygen atoms in total. The predicted molar refractivity (Wildman–Crippen MR) is 81.6 cm³/mol. The van der Waals surface area contributed by atoms with Gasteiger partial charge in [0.15, 0.2) is 12.4 Å². The van der Waals surface area contributed by atoms with Gasteiger partial charge in [-0.15, -0.1) is 0 Å². The van der Waals surface area contributed by atoms with Crippen molar-refractivity contribution in [1.82, 2.24) is 4.90 Å². The molecule has 0 saturated carbocycles. The number of carbonyl (C=O) groups excluding carboxylic acids is 2. The molecule has 2 atom stereocenters. The molecule has 1 aromatic rings. The molecule has 0 unspecified atom stereocenters. The summed E-state index contributed by atoms with van der Waals surface area (Å²) in [5.41, 5.74) is 0.645. The Morgan fingerprint density at radius 3 is 2.24 bits per heavy atom. The standard InChI is InChI=1S/C17H23NO3/c1-12-5-4-6-13(2)18(12)17(20)11-21-16-9-7-15(8-10-16)14(3)19/h7-10,12-13H,4-6,11H2,1-3H3/t12-,13-/m1/s1. The summed E-state index contributed by atoms with van der Waals surface area (Å²) in [6.45, 7) is 5.76. The van der Waals surface area contributed by atoms with Gasteiger partial charge in [0, 0.05) is 17.6 Å². The number of amides is 1. The average molecular weight is 289 g/mol. The molecule has 4 heteroatoms. The lowest BCUT2D eigenvalue weighted by molar-refractivity contribution is -0.139. The monoisotopic (exact) mass is 289 g/mol. The van der Waals surface area contributed by atoms with Gasteiger partial charge in [-0.2, -0.15) is 0 Å². The number of rotatable bonds is 4. The van der Waals surface area contributed by atoms with E-state index < -0.39 is 0 Å². The quantitative estimate of drug-likeness (QED) is 0.800. The molecule has 1 aromatic carbocycles. The Morgan fingerprint density at radius 2 is 1.71 bits per heavy atom. The van der Waals surface area contributed by atoms with Crippen molar-refractivity contribution in [2.45, 2.75) is 52.1 Å². The lowest BCUT2D eigenvalue weighted by Gasteiger charge is -2.38. The molecule has 0 radical (unpaired) electrons. The molecule has 1 saturated heterocycles. The summed E-state index contributed by atoms with van der Waals surface area (Å²) in [7, 11) is 0. The zero-order valence-electron chi connectivity index (χ0n) is 13.0. The first kappa shape index (κ1) is 15.5. The van der Waals surface area contributed by atoms with Crippen LogP contribution in [0.1, 0.15) is 50.4 Å². The largest absolute Gasteiger partial charge is 0.484 e. The molecule has 1 heterocycles. The number of hydrogen-bond acceptors (Lipinski definition) is 3. The number of Topliss-reactive ketones (excluding diaryl/α,β-unsaturated/α-hetero) is 1. The topological polar surface area (TPSA) is 46.6 Å². The molecule has 0 bridgehead atoms. The van der Waals surface area contributed by atoms with E-state index in [1.165, 1.54) is 13.3 Å². The minimum absolute atomic E-state index is 0.0218.